The summed E-state index contributed by atoms with van der Waals surface area (Å²) >= 11 is 1.35. The highest BCUT2D eigenvalue weighted by Crippen LogP contribution is 2.07. The van der Waals surface area contributed by atoms with Crippen molar-refractivity contribution >= 4 is 23.2 Å². The third-order valence-electron chi connectivity index (χ3n) is 2.58. The van der Waals surface area contributed by atoms with Crippen molar-refractivity contribution < 1.29 is 9.59 Å². The summed E-state index contributed by atoms with van der Waals surface area (Å²) in [5.41, 5.74) is 0.926. The maximum atomic E-state index is 11.6. The van der Waals surface area contributed by atoms with Gasteiger partial charge in [-0.3, -0.25) is 14.6 Å². The zero-order valence-corrected chi connectivity index (χ0v) is 11.7. The average molecular weight is 289 g/mol. The van der Waals surface area contributed by atoms with Gasteiger partial charge in [-0.05, 0) is 23.6 Å². The minimum atomic E-state index is -0.222. The standard InChI is InChI=1S/C14H15N3O2S/c18-13(10-17-14(19)12-5-3-9-20-12)16-8-6-11-4-1-2-7-15-11/h1-5,7,9H,6,8,10H2,(H,16,18)(H,17,19). The molecule has 2 aromatic heterocycles. The van der Waals surface area contributed by atoms with Crippen LogP contribution < -0.4 is 10.6 Å². The highest BCUT2D eigenvalue weighted by Gasteiger charge is 2.08. The van der Waals surface area contributed by atoms with E-state index in [1.54, 1.807) is 18.3 Å². The predicted octanol–water partition coefficient (Wildman–Crippen LogP) is 1.23. The van der Waals surface area contributed by atoms with E-state index in [-0.39, 0.29) is 18.4 Å². The van der Waals surface area contributed by atoms with E-state index in [1.165, 1.54) is 11.3 Å². The summed E-state index contributed by atoms with van der Waals surface area (Å²) in [6.07, 6.45) is 2.39. The SMILES string of the molecule is O=C(CNC(=O)c1cccs1)NCCc1ccccn1. The highest BCUT2D eigenvalue weighted by atomic mass is 32.1. The van der Waals surface area contributed by atoms with E-state index in [1.807, 2.05) is 23.6 Å². The molecule has 0 bridgehead atoms. The molecule has 0 radical (unpaired) electrons. The predicted molar refractivity (Wildman–Crippen MR) is 77.6 cm³/mol. The van der Waals surface area contributed by atoms with E-state index in [9.17, 15) is 9.59 Å². The average Bonchev–Trinajstić information content (AvgIpc) is 3.00. The monoisotopic (exact) mass is 289 g/mol. The van der Waals surface area contributed by atoms with Gasteiger partial charge in [-0.2, -0.15) is 0 Å². The number of rotatable bonds is 6. The van der Waals surface area contributed by atoms with Crippen molar-refractivity contribution in [3.05, 3.63) is 52.5 Å². The van der Waals surface area contributed by atoms with Gasteiger partial charge >= 0.3 is 0 Å². The van der Waals surface area contributed by atoms with Crippen LogP contribution in [-0.4, -0.2) is 29.9 Å². The van der Waals surface area contributed by atoms with Gasteiger partial charge in [0.05, 0.1) is 11.4 Å². The van der Waals surface area contributed by atoms with Crippen LogP contribution in [-0.2, 0) is 11.2 Å². The van der Waals surface area contributed by atoms with E-state index >= 15 is 0 Å². The second kappa shape index (κ2) is 7.40. The van der Waals surface area contributed by atoms with Crippen molar-refractivity contribution in [1.82, 2.24) is 15.6 Å². The van der Waals surface area contributed by atoms with Gasteiger partial charge < -0.3 is 10.6 Å². The first-order valence-electron chi connectivity index (χ1n) is 6.24. The minimum absolute atomic E-state index is 0.0149. The number of carbonyl (C=O) groups excluding carboxylic acids is 2. The number of hydrogen-bond acceptors (Lipinski definition) is 4. The molecule has 0 saturated carbocycles. The zero-order chi connectivity index (χ0) is 14.2. The Kier molecular flexibility index (Phi) is 5.25. The van der Waals surface area contributed by atoms with E-state index in [2.05, 4.69) is 15.6 Å². The molecule has 20 heavy (non-hydrogen) atoms. The molecular formula is C14H15N3O2S. The molecule has 2 rings (SSSR count). The lowest BCUT2D eigenvalue weighted by Gasteiger charge is -2.06. The molecule has 2 amide bonds. The summed E-state index contributed by atoms with van der Waals surface area (Å²) < 4.78 is 0. The second-order valence-corrected chi connectivity index (χ2v) is 5.03. The summed E-state index contributed by atoms with van der Waals surface area (Å²) in [5.74, 6) is -0.425. The molecule has 0 spiro atoms. The van der Waals surface area contributed by atoms with Gasteiger partial charge in [0.25, 0.3) is 5.91 Å². The zero-order valence-electron chi connectivity index (χ0n) is 10.8. The molecule has 0 aromatic carbocycles. The quantitative estimate of drug-likeness (QED) is 0.840. The highest BCUT2D eigenvalue weighted by molar-refractivity contribution is 7.12. The van der Waals surface area contributed by atoms with Gasteiger partial charge in [-0.25, -0.2) is 0 Å². The van der Waals surface area contributed by atoms with Crippen molar-refractivity contribution in [3.63, 3.8) is 0 Å². The number of aromatic nitrogens is 1. The van der Waals surface area contributed by atoms with Gasteiger partial charge in [0.2, 0.25) is 5.91 Å². The molecule has 0 saturated heterocycles. The first kappa shape index (κ1) is 14.2. The Labute approximate surface area is 121 Å². The topological polar surface area (TPSA) is 71.1 Å². The summed E-state index contributed by atoms with van der Waals surface area (Å²) in [6.45, 7) is 0.490. The Balaban J connectivity index is 1.65. The molecule has 104 valence electrons. The van der Waals surface area contributed by atoms with Gasteiger partial charge in [0.1, 0.15) is 0 Å². The molecule has 0 fully saturated rings. The van der Waals surface area contributed by atoms with Crippen LogP contribution in [0.5, 0.6) is 0 Å². The van der Waals surface area contributed by atoms with Gasteiger partial charge in [0.15, 0.2) is 0 Å². The fourth-order valence-corrected chi connectivity index (χ4v) is 2.23. The number of carbonyl (C=O) groups is 2. The summed E-state index contributed by atoms with van der Waals surface area (Å²) in [4.78, 5) is 27.9. The van der Waals surface area contributed by atoms with E-state index in [4.69, 9.17) is 0 Å². The Hall–Kier alpha value is -2.21. The fourth-order valence-electron chi connectivity index (χ4n) is 1.59. The molecule has 6 heteroatoms. The number of nitrogens with one attached hydrogen (secondary N) is 2. The molecule has 5 nitrogen and oxygen atoms in total. The van der Waals surface area contributed by atoms with Gasteiger partial charge in [-0.1, -0.05) is 12.1 Å². The maximum Gasteiger partial charge on any atom is 0.261 e. The fraction of sp³-hybridized carbons (Fsp3) is 0.214. The van der Waals surface area contributed by atoms with Gasteiger partial charge in [-0.15, -0.1) is 11.3 Å². The molecular weight excluding hydrogens is 274 g/mol. The summed E-state index contributed by atoms with van der Waals surface area (Å²) in [6, 6.07) is 9.18. The number of amides is 2. The van der Waals surface area contributed by atoms with Gasteiger partial charge in [0, 0.05) is 24.9 Å². The lowest BCUT2D eigenvalue weighted by Crippen LogP contribution is -2.37. The third kappa shape index (κ3) is 4.47. The first-order chi connectivity index (χ1) is 9.75. The molecule has 0 atom stereocenters. The second-order valence-electron chi connectivity index (χ2n) is 4.08. The smallest absolute Gasteiger partial charge is 0.261 e. The normalized spacial score (nSPS) is 10.0. The lowest BCUT2D eigenvalue weighted by molar-refractivity contribution is -0.120. The van der Waals surface area contributed by atoms with Crippen molar-refractivity contribution in [2.75, 3.05) is 13.1 Å². The van der Waals surface area contributed by atoms with E-state index in [0.717, 1.165) is 5.69 Å². The first-order valence-corrected chi connectivity index (χ1v) is 7.12. The summed E-state index contributed by atoms with van der Waals surface area (Å²) in [7, 11) is 0. The number of hydrogen-bond donors (Lipinski definition) is 2. The van der Waals surface area contributed by atoms with E-state index in [0.29, 0.717) is 17.8 Å². The molecule has 0 unspecified atom stereocenters. The number of pyridine rings is 1. The molecule has 0 aliphatic heterocycles. The third-order valence-corrected chi connectivity index (χ3v) is 3.45. The largest absolute Gasteiger partial charge is 0.354 e. The molecule has 2 heterocycles. The van der Waals surface area contributed by atoms with Crippen LogP contribution in [0.25, 0.3) is 0 Å². The van der Waals surface area contributed by atoms with Crippen LogP contribution in [0.15, 0.2) is 41.9 Å². The van der Waals surface area contributed by atoms with Crippen LogP contribution >= 0.6 is 11.3 Å². The van der Waals surface area contributed by atoms with Crippen molar-refractivity contribution in [2.24, 2.45) is 0 Å². The van der Waals surface area contributed by atoms with Crippen LogP contribution in [0.1, 0.15) is 15.4 Å². The number of thiophene rings is 1. The van der Waals surface area contributed by atoms with Crippen molar-refractivity contribution in [2.45, 2.75) is 6.42 Å². The van der Waals surface area contributed by atoms with Crippen LogP contribution in [0.2, 0.25) is 0 Å². The Morgan fingerprint density at radius 2 is 2.05 bits per heavy atom. The summed E-state index contributed by atoms with van der Waals surface area (Å²) in [5, 5.41) is 7.14. The van der Waals surface area contributed by atoms with Crippen LogP contribution in [0, 0.1) is 0 Å². The number of nitrogens with zero attached hydrogens (tertiary/aromatic N) is 1. The lowest BCUT2D eigenvalue weighted by atomic mass is 10.3. The molecule has 0 aliphatic rings. The molecule has 0 aliphatic carbocycles. The van der Waals surface area contributed by atoms with E-state index < -0.39 is 0 Å². The molecule has 2 N–H and O–H groups in total. The minimum Gasteiger partial charge on any atom is -0.354 e. The Morgan fingerprint density at radius 3 is 2.75 bits per heavy atom. The van der Waals surface area contributed by atoms with Crippen LogP contribution in [0.3, 0.4) is 0 Å². The van der Waals surface area contributed by atoms with Crippen molar-refractivity contribution in [1.29, 1.82) is 0 Å². The maximum absolute atomic E-state index is 11.6. The Morgan fingerprint density at radius 1 is 1.15 bits per heavy atom. The molecule has 2 aromatic rings. The Bertz CT molecular complexity index is 555. The van der Waals surface area contributed by atoms with Crippen molar-refractivity contribution in [3.8, 4) is 0 Å². The van der Waals surface area contributed by atoms with Crippen LogP contribution in [0.4, 0.5) is 0 Å².